The second-order valence-electron chi connectivity index (χ2n) is 8.87. The Morgan fingerprint density at radius 2 is 1.71 bits per heavy atom. The van der Waals surface area contributed by atoms with Crippen molar-refractivity contribution in [1.29, 1.82) is 0 Å². The Morgan fingerprint density at radius 3 is 2.29 bits per heavy atom. The first kappa shape index (κ1) is 25.3. The Hall–Kier alpha value is -3.31. The largest absolute Gasteiger partial charge is 0.332 e. The standard InChI is InChI=1S/C23H27F2N5O3S/c1-23(2,3)21-12-19(30(29-21)18-9-6-16(24)7-10-18)14-26-22(31)28-17-8-5-15(20(25)11-17)13-27-34(4,32)33/h5-12,27H,13-14H2,1-4H3,(H2,26,28,31). The van der Waals surface area contributed by atoms with E-state index in [0.29, 0.717) is 11.4 Å². The summed E-state index contributed by atoms with van der Waals surface area (Å²) in [5.41, 5.74) is 2.24. The van der Waals surface area contributed by atoms with Crippen molar-refractivity contribution < 1.29 is 22.0 Å². The molecule has 0 radical (unpaired) electrons. The zero-order valence-corrected chi connectivity index (χ0v) is 20.1. The van der Waals surface area contributed by atoms with Crippen LogP contribution in [0, 0.1) is 11.6 Å². The minimum Gasteiger partial charge on any atom is -0.332 e. The molecule has 3 N–H and O–H groups in total. The van der Waals surface area contributed by atoms with E-state index < -0.39 is 21.9 Å². The van der Waals surface area contributed by atoms with Crippen molar-refractivity contribution in [2.75, 3.05) is 11.6 Å². The number of carbonyl (C=O) groups is 1. The van der Waals surface area contributed by atoms with Gasteiger partial charge in [0.15, 0.2) is 0 Å². The lowest BCUT2D eigenvalue weighted by Crippen LogP contribution is -2.29. The van der Waals surface area contributed by atoms with Crippen LogP contribution in [0.2, 0.25) is 0 Å². The first-order valence-electron chi connectivity index (χ1n) is 10.4. The van der Waals surface area contributed by atoms with E-state index in [1.807, 2.05) is 26.8 Å². The molecule has 3 rings (SSSR count). The molecule has 0 spiro atoms. The normalized spacial score (nSPS) is 11.9. The van der Waals surface area contributed by atoms with E-state index in [-0.39, 0.29) is 35.6 Å². The molecule has 0 saturated heterocycles. The van der Waals surface area contributed by atoms with Gasteiger partial charge in [-0.3, -0.25) is 0 Å². The van der Waals surface area contributed by atoms with Gasteiger partial charge in [0.25, 0.3) is 0 Å². The maximum atomic E-state index is 14.3. The molecule has 1 heterocycles. The summed E-state index contributed by atoms with van der Waals surface area (Å²) in [6, 6.07) is 11.1. The molecule has 0 aliphatic carbocycles. The fraction of sp³-hybridized carbons (Fsp3) is 0.304. The number of carbonyl (C=O) groups excluding carboxylic acids is 1. The fourth-order valence-corrected chi connectivity index (χ4v) is 3.46. The van der Waals surface area contributed by atoms with Gasteiger partial charge in [0.05, 0.1) is 29.9 Å². The smallest absolute Gasteiger partial charge is 0.319 e. The summed E-state index contributed by atoms with van der Waals surface area (Å²) in [4.78, 5) is 12.4. The van der Waals surface area contributed by atoms with Crippen molar-refractivity contribution >= 4 is 21.7 Å². The van der Waals surface area contributed by atoms with E-state index in [1.165, 1.54) is 24.3 Å². The Morgan fingerprint density at radius 1 is 1.03 bits per heavy atom. The second-order valence-corrected chi connectivity index (χ2v) is 10.7. The van der Waals surface area contributed by atoms with Crippen molar-refractivity contribution in [2.24, 2.45) is 0 Å². The molecule has 0 saturated carbocycles. The zero-order chi connectivity index (χ0) is 25.1. The second kappa shape index (κ2) is 9.90. The average Bonchev–Trinajstić information content (AvgIpc) is 3.16. The molecule has 8 nitrogen and oxygen atoms in total. The Labute approximate surface area is 197 Å². The monoisotopic (exact) mass is 491 g/mol. The van der Waals surface area contributed by atoms with E-state index in [9.17, 15) is 22.0 Å². The van der Waals surface area contributed by atoms with Gasteiger partial charge in [-0.15, -0.1) is 0 Å². The lowest BCUT2D eigenvalue weighted by molar-refractivity contribution is 0.251. The van der Waals surface area contributed by atoms with Crippen molar-refractivity contribution in [2.45, 2.75) is 39.3 Å². The van der Waals surface area contributed by atoms with Gasteiger partial charge in [-0.1, -0.05) is 26.8 Å². The molecule has 0 unspecified atom stereocenters. The maximum absolute atomic E-state index is 14.3. The van der Waals surface area contributed by atoms with E-state index in [1.54, 1.807) is 16.8 Å². The van der Waals surface area contributed by atoms with Crippen LogP contribution in [-0.4, -0.2) is 30.5 Å². The quantitative estimate of drug-likeness (QED) is 0.467. The highest BCUT2D eigenvalue weighted by Gasteiger charge is 2.21. The Balaban J connectivity index is 1.70. The Kier molecular flexibility index (Phi) is 7.37. The van der Waals surface area contributed by atoms with Crippen LogP contribution in [0.4, 0.5) is 19.3 Å². The highest BCUT2D eigenvalue weighted by atomic mass is 32.2. The molecule has 0 aliphatic rings. The summed E-state index contributed by atoms with van der Waals surface area (Å²) in [5.74, 6) is -1.02. The van der Waals surface area contributed by atoms with Crippen LogP contribution in [0.1, 0.15) is 37.7 Å². The third kappa shape index (κ3) is 6.84. The number of amides is 2. The summed E-state index contributed by atoms with van der Waals surface area (Å²) in [7, 11) is -3.46. The number of rotatable bonds is 7. The van der Waals surface area contributed by atoms with Crippen molar-refractivity contribution in [1.82, 2.24) is 19.8 Å². The summed E-state index contributed by atoms with van der Waals surface area (Å²) in [5, 5.41) is 9.89. The molecular formula is C23H27F2N5O3S. The SMILES string of the molecule is CC(C)(C)c1cc(CNC(=O)Nc2ccc(CNS(C)(=O)=O)c(F)c2)n(-c2ccc(F)cc2)n1. The molecule has 182 valence electrons. The Bertz CT molecular complexity index is 1280. The molecule has 1 aromatic heterocycles. The molecule has 34 heavy (non-hydrogen) atoms. The summed E-state index contributed by atoms with van der Waals surface area (Å²) in [6.45, 7) is 5.96. The van der Waals surface area contributed by atoms with Crippen LogP contribution < -0.4 is 15.4 Å². The topological polar surface area (TPSA) is 105 Å². The molecule has 0 aliphatic heterocycles. The van der Waals surface area contributed by atoms with Crippen molar-refractivity contribution in [3.63, 3.8) is 0 Å². The van der Waals surface area contributed by atoms with Gasteiger partial charge < -0.3 is 10.6 Å². The molecule has 11 heteroatoms. The van der Waals surface area contributed by atoms with Gasteiger partial charge in [0.2, 0.25) is 10.0 Å². The third-order valence-corrected chi connectivity index (χ3v) is 5.56. The van der Waals surface area contributed by atoms with Crippen LogP contribution in [0.3, 0.4) is 0 Å². The van der Waals surface area contributed by atoms with E-state index in [4.69, 9.17) is 0 Å². The van der Waals surface area contributed by atoms with Crippen molar-refractivity contribution in [3.8, 4) is 5.69 Å². The molecule has 0 bridgehead atoms. The predicted octanol–water partition coefficient (Wildman–Crippen LogP) is 3.82. The maximum Gasteiger partial charge on any atom is 0.319 e. The first-order valence-corrected chi connectivity index (χ1v) is 12.3. The highest BCUT2D eigenvalue weighted by Crippen LogP contribution is 2.24. The number of aromatic nitrogens is 2. The fourth-order valence-electron chi connectivity index (χ4n) is 3.04. The van der Waals surface area contributed by atoms with E-state index in [2.05, 4.69) is 20.5 Å². The molecule has 0 fully saturated rings. The zero-order valence-electron chi connectivity index (χ0n) is 19.3. The van der Waals surface area contributed by atoms with Gasteiger partial charge in [0.1, 0.15) is 11.6 Å². The predicted molar refractivity (Wildman–Crippen MR) is 126 cm³/mol. The number of benzene rings is 2. The summed E-state index contributed by atoms with van der Waals surface area (Å²) in [6.07, 6.45) is 0.984. The van der Waals surface area contributed by atoms with Crippen LogP contribution in [0.15, 0.2) is 48.5 Å². The number of halogens is 2. The van der Waals surface area contributed by atoms with E-state index in [0.717, 1.165) is 18.0 Å². The van der Waals surface area contributed by atoms with Crippen molar-refractivity contribution in [3.05, 3.63) is 77.1 Å². The highest BCUT2D eigenvalue weighted by molar-refractivity contribution is 7.88. The number of hydrogen-bond acceptors (Lipinski definition) is 4. The average molecular weight is 492 g/mol. The van der Waals surface area contributed by atoms with Crippen LogP contribution >= 0.6 is 0 Å². The molecule has 2 amide bonds. The number of nitrogens with one attached hydrogen (secondary N) is 3. The number of anilines is 1. The van der Waals surface area contributed by atoms with Gasteiger partial charge >= 0.3 is 6.03 Å². The van der Waals surface area contributed by atoms with Crippen LogP contribution in [0.25, 0.3) is 5.69 Å². The number of sulfonamides is 1. The molecule has 2 aromatic carbocycles. The molecule has 0 atom stereocenters. The number of hydrogen-bond donors (Lipinski definition) is 3. The lowest BCUT2D eigenvalue weighted by atomic mass is 9.92. The third-order valence-electron chi connectivity index (χ3n) is 4.89. The van der Waals surface area contributed by atoms with Gasteiger partial charge in [-0.25, -0.2) is 31.4 Å². The van der Waals surface area contributed by atoms with Gasteiger partial charge in [-0.05, 0) is 42.5 Å². The van der Waals surface area contributed by atoms with Gasteiger partial charge in [-0.2, -0.15) is 5.10 Å². The molecule has 3 aromatic rings. The summed E-state index contributed by atoms with van der Waals surface area (Å²) >= 11 is 0. The van der Waals surface area contributed by atoms with Crippen LogP contribution in [-0.2, 0) is 28.5 Å². The van der Waals surface area contributed by atoms with Crippen LogP contribution in [0.5, 0.6) is 0 Å². The number of urea groups is 1. The lowest BCUT2D eigenvalue weighted by Gasteiger charge is -2.14. The van der Waals surface area contributed by atoms with E-state index >= 15 is 0 Å². The minimum absolute atomic E-state index is 0.116. The molecular weight excluding hydrogens is 464 g/mol. The minimum atomic E-state index is -3.46. The first-order chi connectivity index (χ1) is 15.8. The van der Waals surface area contributed by atoms with Gasteiger partial charge in [0, 0.05) is 23.2 Å². The summed E-state index contributed by atoms with van der Waals surface area (Å²) < 4.78 is 53.8. The number of nitrogens with zero attached hydrogens (tertiary/aromatic N) is 2.